The summed E-state index contributed by atoms with van der Waals surface area (Å²) in [4.78, 5) is 22.4. The predicted octanol–water partition coefficient (Wildman–Crippen LogP) is 4.17. The van der Waals surface area contributed by atoms with Gasteiger partial charge >= 0.3 is 0 Å². The Morgan fingerprint density at radius 1 is 1.24 bits per heavy atom. The van der Waals surface area contributed by atoms with Gasteiger partial charge in [-0.3, -0.25) is 4.79 Å². The highest BCUT2D eigenvalue weighted by Crippen LogP contribution is 2.33. The number of nitriles is 1. The normalized spacial score (nSPS) is 13.6. The van der Waals surface area contributed by atoms with Gasteiger partial charge in [0, 0.05) is 10.6 Å². The lowest BCUT2D eigenvalue weighted by atomic mass is 9.97. The maximum absolute atomic E-state index is 12.5. The van der Waals surface area contributed by atoms with Crippen molar-refractivity contribution >= 4 is 33.3 Å². The van der Waals surface area contributed by atoms with E-state index in [4.69, 9.17) is 10.2 Å². The number of thioether (sulfide) groups is 1. The minimum atomic E-state index is -0.00238. The number of benzene rings is 1. The van der Waals surface area contributed by atoms with Gasteiger partial charge in [0.05, 0.1) is 22.8 Å². The molecule has 1 aliphatic rings. The Morgan fingerprint density at radius 2 is 2.08 bits per heavy atom. The first-order valence-corrected chi connectivity index (χ1v) is 10.3. The Morgan fingerprint density at radius 3 is 2.96 bits per heavy atom. The Bertz CT molecular complexity index is 1030. The van der Waals surface area contributed by atoms with E-state index in [0.717, 1.165) is 46.6 Å². The minimum Gasteiger partial charge on any atom is -0.309 e. The van der Waals surface area contributed by atoms with Crippen molar-refractivity contribution < 1.29 is 0 Å². The van der Waals surface area contributed by atoms with Crippen molar-refractivity contribution in [2.24, 2.45) is 0 Å². The number of aryl methyl sites for hydroxylation is 2. The number of aromatic nitrogens is 2. The zero-order chi connectivity index (χ0) is 17.2. The third-order valence-corrected chi connectivity index (χ3v) is 6.69. The fourth-order valence-electron chi connectivity index (χ4n) is 3.29. The quantitative estimate of drug-likeness (QED) is 0.751. The van der Waals surface area contributed by atoms with E-state index < -0.39 is 0 Å². The number of H-pyrrole nitrogens is 1. The largest absolute Gasteiger partial charge is 0.309 e. The van der Waals surface area contributed by atoms with Crippen molar-refractivity contribution in [3.8, 4) is 6.07 Å². The average Bonchev–Trinajstić information content (AvgIpc) is 3.01. The van der Waals surface area contributed by atoms with E-state index >= 15 is 0 Å². The minimum absolute atomic E-state index is 0.00238. The van der Waals surface area contributed by atoms with Crippen LogP contribution in [0.15, 0.2) is 29.1 Å². The summed E-state index contributed by atoms with van der Waals surface area (Å²) < 4.78 is 0. The molecule has 0 fully saturated rings. The van der Waals surface area contributed by atoms with E-state index in [1.165, 1.54) is 16.9 Å². The van der Waals surface area contributed by atoms with Crippen molar-refractivity contribution in [1.82, 2.24) is 9.97 Å². The highest BCUT2D eigenvalue weighted by atomic mass is 32.2. The molecule has 6 heteroatoms. The molecule has 4 rings (SSSR count). The van der Waals surface area contributed by atoms with E-state index in [1.54, 1.807) is 23.1 Å². The topological polar surface area (TPSA) is 69.5 Å². The molecule has 1 aliphatic carbocycles. The van der Waals surface area contributed by atoms with Crippen LogP contribution in [0.25, 0.3) is 10.2 Å². The van der Waals surface area contributed by atoms with Crippen molar-refractivity contribution in [3.63, 3.8) is 0 Å². The number of nitrogens with zero attached hydrogens (tertiary/aromatic N) is 2. The molecule has 1 N–H and O–H groups in total. The summed E-state index contributed by atoms with van der Waals surface area (Å²) in [6, 6.07) is 9.84. The molecule has 1 aromatic carbocycles. The van der Waals surface area contributed by atoms with Crippen LogP contribution in [0.1, 0.15) is 40.2 Å². The van der Waals surface area contributed by atoms with Crippen LogP contribution in [0, 0.1) is 11.3 Å². The summed E-state index contributed by atoms with van der Waals surface area (Å²) in [6.07, 6.45) is 4.44. The lowest BCUT2D eigenvalue weighted by molar-refractivity contribution is 0.700. The lowest BCUT2D eigenvalue weighted by Crippen LogP contribution is -2.12. The Hall–Kier alpha value is -2.10. The van der Waals surface area contributed by atoms with Crippen LogP contribution in [0.4, 0.5) is 0 Å². The van der Waals surface area contributed by atoms with Gasteiger partial charge in [-0.25, -0.2) is 4.98 Å². The Kier molecular flexibility index (Phi) is 4.60. The zero-order valence-corrected chi connectivity index (χ0v) is 15.3. The summed E-state index contributed by atoms with van der Waals surface area (Å²) in [6.45, 7) is 0. The molecule has 0 aliphatic heterocycles. The molecule has 0 saturated heterocycles. The number of rotatable bonds is 4. The fourth-order valence-corrected chi connectivity index (χ4v) is 5.47. The van der Waals surface area contributed by atoms with E-state index in [0.29, 0.717) is 11.3 Å². The lowest BCUT2D eigenvalue weighted by Gasteiger charge is -2.09. The summed E-state index contributed by atoms with van der Waals surface area (Å²) in [7, 11) is 0. The van der Waals surface area contributed by atoms with Gasteiger partial charge in [-0.15, -0.1) is 23.1 Å². The zero-order valence-electron chi connectivity index (χ0n) is 13.7. The summed E-state index contributed by atoms with van der Waals surface area (Å²) >= 11 is 3.34. The second kappa shape index (κ2) is 7.03. The maximum atomic E-state index is 12.5. The van der Waals surface area contributed by atoms with Gasteiger partial charge in [0.2, 0.25) is 0 Å². The van der Waals surface area contributed by atoms with Crippen molar-refractivity contribution in [2.75, 3.05) is 0 Å². The molecule has 0 bridgehead atoms. The number of aromatic amines is 1. The molecule has 0 saturated carbocycles. The van der Waals surface area contributed by atoms with Crippen LogP contribution in [0.2, 0.25) is 0 Å². The average molecular weight is 367 g/mol. The molecule has 0 unspecified atom stereocenters. The molecule has 4 nitrogen and oxygen atoms in total. The van der Waals surface area contributed by atoms with Crippen LogP contribution in [-0.2, 0) is 24.3 Å². The summed E-state index contributed by atoms with van der Waals surface area (Å²) in [5.41, 5.74) is 2.95. The van der Waals surface area contributed by atoms with Crippen molar-refractivity contribution in [1.29, 1.82) is 5.26 Å². The standard InChI is InChI=1S/C19H17N3OS2/c20-9-12-5-1-2-6-13(12)10-24-11-16-21-18(23)17-14-7-3-4-8-15(14)25-19(17)22-16/h1-2,5-6H,3-4,7-8,10-11H2,(H,21,22,23). The van der Waals surface area contributed by atoms with Gasteiger partial charge in [-0.2, -0.15) is 5.26 Å². The van der Waals surface area contributed by atoms with Crippen LogP contribution in [-0.4, -0.2) is 9.97 Å². The molecular formula is C19H17N3OS2. The highest BCUT2D eigenvalue weighted by molar-refractivity contribution is 7.97. The van der Waals surface area contributed by atoms with E-state index in [1.807, 2.05) is 24.3 Å². The number of fused-ring (bicyclic) bond motifs is 3. The monoisotopic (exact) mass is 367 g/mol. The van der Waals surface area contributed by atoms with Gasteiger partial charge in [-0.1, -0.05) is 18.2 Å². The van der Waals surface area contributed by atoms with Crippen LogP contribution in [0.3, 0.4) is 0 Å². The smallest absolute Gasteiger partial charge is 0.259 e. The van der Waals surface area contributed by atoms with Crippen molar-refractivity contribution in [2.45, 2.75) is 37.2 Å². The summed E-state index contributed by atoms with van der Waals surface area (Å²) in [5.74, 6) is 2.08. The molecule has 0 spiro atoms. The SMILES string of the molecule is N#Cc1ccccc1CSCc1nc2sc3c(c2c(=O)[nH]1)CCCC3. The maximum Gasteiger partial charge on any atom is 0.259 e. The molecule has 126 valence electrons. The fraction of sp³-hybridized carbons (Fsp3) is 0.316. The number of nitrogens with one attached hydrogen (secondary N) is 1. The van der Waals surface area contributed by atoms with Crippen LogP contribution < -0.4 is 5.56 Å². The van der Waals surface area contributed by atoms with Crippen LogP contribution in [0.5, 0.6) is 0 Å². The predicted molar refractivity (Wildman–Crippen MR) is 103 cm³/mol. The molecule has 3 aromatic rings. The van der Waals surface area contributed by atoms with E-state index in [2.05, 4.69) is 11.1 Å². The Balaban J connectivity index is 1.54. The van der Waals surface area contributed by atoms with Gasteiger partial charge in [0.1, 0.15) is 10.7 Å². The van der Waals surface area contributed by atoms with Gasteiger partial charge in [0.25, 0.3) is 5.56 Å². The first-order chi connectivity index (χ1) is 12.3. The molecule has 2 heterocycles. The molecule has 25 heavy (non-hydrogen) atoms. The van der Waals surface area contributed by atoms with Gasteiger partial charge in [-0.05, 0) is 42.9 Å². The third-order valence-electron chi connectivity index (χ3n) is 4.51. The second-order valence-corrected chi connectivity index (χ2v) is 8.23. The van der Waals surface area contributed by atoms with Gasteiger partial charge < -0.3 is 4.98 Å². The third kappa shape index (κ3) is 3.22. The number of thiophene rings is 1. The first kappa shape index (κ1) is 16.4. The highest BCUT2D eigenvalue weighted by Gasteiger charge is 2.19. The van der Waals surface area contributed by atoms with Crippen LogP contribution >= 0.6 is 23.1 Å². The number of hydrogen-bond acceptors (Lipinski definition) is 5. The molecular weight excluding hydrogens is 350 g/mol. The van der Waals surface area contributed by atoms with E-state index in [-0.39, 0.29) is 5.56 Å². The number of hydrogen-bond donors (Lipinski definition) is 1. The Labute approximate surface area is 153 Å². The first-order valence-electron chi connectivity index (χ1n) is 8.35. The molecule has 0 amide bonds. The molecule has 2 aromatic heterocycles. The molecule has 0 atom stereocenters. The van der Waals surface area contributed by atoms with Crippen molar-refractivity contribution in [3.05, 3.63) is 62.0 Å². The van der Waals surface area contributed by atoms with Gasteiger partial charge in [0.15, 0.2) is 0 Å². The molecule has 0 radical (unpaired) electrons. The van der Waals surface area contributed by atoms with E-state index in [9.17, 15) is 4.79 Å². The summed E-state index contributed by atoms with van der Waals surface area (Å²) in [5, 5.41) is 9.96. The second-order valence-electron chi connectivity index (χ2n) is 6.17.